The van der Waals surface area contributed by atoms with Gasteiger partial charge in [0, 0.05) is 34.2 Å². The van der Waals surface area contributed by atoms with Crippen molar-refractivity contribution >= 4 is 22.5 Å². The lowest BCUT2D eigenvalue weighted by molar-refractivity contribution is 0.283. The second-order valence-electron chi connectivity index (χ2n) is 3.26. The molecule has 74 valence electrons. The molecule has 0 radical (unpaired) electrons. The molecule has 0 saturated carbocycles. The lowest BCUT2D eigenvalue weighted by Gasteiger charge is -1.99. The van der Waals surface area contributed by atoms with Crippen molar-refractivity contribution in [1.29, 1.82) is 0 Å². The minimum Gasteiger partial charge on any atom is -0.392 e. The Morgan fingerprint density at radius 1 is 1.43 bits per heavy atom. The number of hydrogen-bond donors (Lipinski definition) is 1. The van der Waals surface area contributed by atoms with E-state index in [0.29, 0.717) is 0 Å². The molecule has 1 heterocycles. The molecular weight excluding hydrogens is 198 g/mol. The van der Waals surface area contributed by atoms with Crippen molar-refractivity contribution in [2.24, 2.45) is 0 Å². The summed E-state index contributed by atoms with van der Waals surface area (Å²) in [7, 11) is 0. The van der Waals surface area contributed by atoms with Gasteiger partial charge in [0.05, 0.1) is 6.61 Å². The third kappa shape index (κ3) is 1.41. The average molecular weight is 210 g/mol. The molecule has 2 nitrogen and oxygen atoms in total. The summed E-state index contributed by atoms with van der Waals surface area (Å²) in [5.41, 5.74) is 2.04. The van der Waals surface area contributed by atoms with Crippen LogP contribution in [0.1, 0.15) is 12.5 Å². The fraction of sp³-hybridized carbons (Fsp3) is 0.273. The van der Waals surface area contributed by atoms with Gasteiger partial charge in [-0.05, 0) is 19.1 Å². The molecule has 0 atom stereocenters. The first kappa shape index (κ1) is 9.56. The monoisotopic (exact) mass is 209 g/mol. The van der Waals surface area contributed by atoms with E-state index in [-0.39, 0.29) is 6.61 Å². The topological polar surface area (TPSA) is 25.2 Å². The number of aliphatic hydroxyl groups excluding tert-OH is 1. The molecule has 1 N–H and O–H groups in total. The molecule has 0 fully saturated rings. The number of halogens is 1. The van der Waals surface area contributed by atoms with Crippen LogP contribution in [0.15, 0.2) is 24.4 Å². The molecule has 3 heteroatoms. The van der Waals surface area contributed by atoms with E-state index in [9.17, 15) is 0 Å². The molecule has 14 heavy (non-hydrogen) atoms. The van der Waals surface area contributed by atoms with E-state index in [1.54, 1.807) is 0 Å². The number of hydrogen-bond acceptors (Lipinski definition) is 1. The minimum absolute atomic E-state index is 0.0745. The Kier molecular flexibility index (Phi) is 2.48. The molecule has 0 aliphatic carbocycles. The van der Waals surface area contributed by atoms with Crippen LogP contribution in [0.25, 0.3) is 10.9 Å². The van der Waals surface area contributed by atoms with Crippen molar-refractivity contribution in [3.05, 3.63) is 35.0 Å². The zero-order chi connectivity index (χ0) is 10.1. The molecule has 0 saturated heterocycles. The molecule has 0 aliphatic heterocycles. The first-order valence-corrected chi connectivity index (χ1v) is 5.02. The van der Waals surface area contributed by atoms with Crippen LogP contribution in [0.3, 0.4) is 0 Å². The van der Waals surface area contributed by atoms with Crippen LogP contribution < -0.4 is 0 Å². The van der Waals surface area contributed by atoms with Gasteiger partial charge >= 0.3 is 0 Å². The maximum atomic E-state index is 9.17. The van der Waals surface area contributed by atoms with E-state index < -0.39 is 0 Å². The maximum Gasteiger partial charge on any atom is 0.0702 e. The molecule has 0 amide bonds. The predicted octanol–water partition coefficient (Wildman–Crippen LogP) is 2.81. The lowest BCUT2D eigenvalue weighted by atomic mass is 10.2. The van der Waals surface area contributed by atoms with E-state index in [1.165, 1.54) is 0 Å². The Morgan fingerprint density at radius 3 is 2.86 bits per heavy atom. The predicted molar refractivity (Wildman–Crippen MR) is 58.5 cm³/mol. The molecule has 1 aromatic heterocycles. The second kappa shape index (κ2) is 3.64. The van der Waals surface area contributed by atoms with Crippen molar-refractivity contribution in [3.8, 4) is 0 Å². The minimum atomic E-state index is 0.0745. The number of rotatable bonds is 2. The number of aryl methyl sites for hydroxylation is 1. The van der Waals surface area contributed by atoms with Crippen LogP contribution in [0.2, 0.25) is 5.02 Å². The van der Waals surface area contributed by atoms with Gasteiger partial charge in [0.15, 0.2) is 0 Å². The normalized spacial score (nSPS) is 11.1. The van der Waals surface area contributed by atoms with Gasteiger partial charge in [-0.2, -0.15) is 0 Å². The highest BCUT2D eigenvalue weighted by molar-refractivity contribution is 6.31. The Labute approximate surface area is 87.7 Å². The smallest absolute Gasteiger partial charge is 0.0702 e. The van der Waals surface area contributed by atoms with Crippen LogP contribution in [0, 0.1) is 0 Å². The second-order valence-corrected chi connectivity index (χ2v) is 3.70. The van der Waals surface area contributed by atoms with Crippen LogP contribution >= 0.6 is 11.6 Å². The summed E-state index contributed by atoms with van der Waals surface area (Å²) in [6.45, 7) is 3.03. The number of aromatic nitrogens is 1. The van der Waals surface area contributed by atoms with Gasteiger partial charge in [0.25, 0.3) is 0 Å². The first-order valence-electron chi connectivity index (χ1n) is 4.64. The zero-order valence-corrected chi connectivity index (χ0v) is 8.75. The van der Waals surface area contributed by atoms with Gasteiger partial charge in [-0.3, -0.25) is 0 Å². The van der Waals surface area contributed by atoms with Gasteiger partial charge in [-0.25, -0.2) is 0 Å². The summed E-state index contributed by atoms with van der Waals surface area (Å²) in [4.78, 5) is 0. The number of fused-ring (bicyclic) bond motifs is 1. The fourth-order valence-electron chi connectivity index (χ4n) is 1.73. The van der Waals surface area contributed by atoms with E-state index in [0.717, 1.165) is 28.0 Å². The van der Waals surface area contributed by atoms with Gasteiger partial charge in [0.1, 0.15) is 0 Å². The van der Waals surface area contributed by atoms with Crippen molar-refractivity contribution in [1.82, 2.24) is 4.57 Å². The summed E-state index contributed by atoms with van der Waals surface area (Å²) in [6, 6.07) is 5.73. The molecule has 0 aliphatic rings. The first-order chi connectivity index (χ1) is 6.76. The molecule has 1 aromatic carbocycles. The maximum absolute atomic E-state index is 9.17. The number of aliphatic hydroxyl groups is 1. The van der Waals surface area contributed by atoms with Crippen molar-refractivity contribution in [3.63, 3.8) is 0 Å². The van der Waals surface area contributed by atoms with Crippen LogP contribution in [-0.2, 0) is 13.2 Å². The van der Waals surface area contributed by atoms with Gasteiger partial charge in [0.2, 0.25) is 0 Å². The van der Waals surface area contributed by atoms with E-state index in [1.807, 2.05) is 24.4 Å². The highest BCUT2D eigenvalue weighted by atomic mass is 35.5. The highest BCUT2D eigenvalue weighted by Crippen LogP contribution is 2.24. The third-order valence-corrected chi connectivity index (χ3v) is 2.67. The van der Waals surface area contributed by atoms with Gasteiger partial charge in [-0.15, -0.1) is 0 Å². The van der Waals surface area contributed by atoms with Gasteiger partial charge in [-0.1, -0.05) is 17.7 Å². The van der Waals surface area contributed by atoms with Crippen molar-refractivity contribution in [2.75, 3.05) is 0 Å². The average Bonchev–Trinajstić information content (AvgIpc) is 2.55. The number of benzene rings is 1. The molecular formula is C11H12ClNO. The fourth-order valence-corrected chi connectivity index (χ4v) is 1.90. The Balaban J connectivity index is 2.75. The van der Waals surface area contributed by atoms with E-state index in [4.69, 9.17) is 16.7 Å². The number of nitrogens with zero attached hydrogens (tertiary/aromatic N) is 1. The standard InChI is InChI=1S/C11H12ClNO/c1-2-13-6-8(7-14)10-4-3-9(12)5-11(10)13/h3-6,14H,2,7H2,1H3. The summed E-state index contributed by atoms with van der Waals surface area (Å²) < 4.78 is 2.09. The quantitative estimate of drug-likeness (QED) is 0.809. The van der Waals surface area contributed by atoms with Crippen molar-refractivity contribution in [2.45, 2.75) is 20.1 Å². The zero-order valence-electron chi connectivity index (χ0n) is 8.00. The Bertz CT molecular complexity index is 462. The summed E-state index contributed by atoms with van der Waals surface area (Å²) in [6.07, 6.45) is 1.97. The molecule has 2 rings (SSSR count). The highest BCUT2D eigenvalue weighted by Gasteiger charge is 2.06. The molecule has 0 spiro atoms. The SMILES string of the molecule is CCn1cc(CO)c2ccc(Cl)cc21. The van der Waals surface area contributed by atoms with E-state index in [2.05, 4.69) is 11.5 Å². The van der Waals surface area contributed by atoms with Crippen molar-refractivity contribution < 1.29 is 5.11 Å². The molecule has 2 aromatic rings. The van der Waals surface area contributed by atoms with Crippen LogP contribution in [-0.4, -0.2) is 9.67 Å². The lowest BCUT2D eigenvalue weighted by Crippen LogP contribution is -1.90. The Morgan fingerprint density at radius 2 is 2.21 bits per heavy atom. The summed E-state index contributed by atoms with van der Waals surface area (Å²) >= 11 is 5.92. The molecule has 0 unspecified atom stereocenters. The van der Waals surface area contributed by atoms with Gasteiger partial charge < -0.3 is 9.67 Å². The Hall–Kier alpha value is -0.990. The summed E-state index contributed by atoms with van der Waals surface area (Å²) in [5.74, 6) is 0. The largest absolute Gasteiger partial charge is 0.392 e. The molecule has 0 bridgehead atoms. The van der Waals surface area contributed by atoms with Crippen LogP contribution in [0.5, 0.6) is 0 Å². The van der Waals surface area contributed by atoms with Crippen LogP contribution in [0.4, 0.5) is 0 Å². The third-order valence-electron chi connectivity index (χ3n) is 2.44. The van der Waals surface area contributed by atoms with E-state index >= 15 is 0 Å². The summed E-state index contributed by atoms with van der Waals surface area (Å²) in [5, 5.41) is 11.0.